The molecular weight excluding hydrogens is 312 g/mol. The SMILES string of the molecule is CCCCCC1=C(C)CC(Cc2ccc3c(c2)C=CC3)=CC=C1C1CC1. The number of allylic oxidation sites excluding steroid dienone is 7. The molecule has 0 aromatic heterocycles. The molecule has 1 fully saturated rings. The lowest BCUT2D eigenvalue weighted by Gasteiger charge is -2.15. The molecule has 26 heavy (non-hydrogen) atoms. The van der Waals surface area contributed by atoms with Crippen molar-refractivity contribution in [2.24, 2.45) is 5.92 Å². The lowest BCUT2D eigenvalue weighted by molar-refractivity contribution is 0.705. The first-order valence-corrected chi connectivity index (χ1v) is 10.6. The summed E-state index contributed by atoms with van der Waals surface area (Å²) in [7, 11) is 0. The van der Waals surface area contributed by atoms with E-state index in [1.165, 1.54) is 55.2 Å². The molecule has 0 saturated heterocycles. The molecule has 0 atom stereocenters. The van der Waals surface area contributed by atoms with Gasteiger partial charge in [0.1, 0.15) is 0 Å². The summed E-state index contributed by atoms with van der Waals surface area (Å²) in [4.78, 5) is 0. The van der Waals surface area contributed by atoms with Crippen LogP contribution in [0.15, 0.2) is 58.7 Å². The first-order chi connectivity index (χ1) is 12.7. The van der Waals surface area contributed by atoms with Gasteiger partial charge < -0.3 is 0 Å². The van der Waals surface area contributed by atoms with Crippen molar-refractivity contribution in [3.8, 4) is 0 Å². The summed E-state index contributed by atoms with van der Waals surface area (Å²) in [5, 5.41) is 0. The van der Waals surface area contributed by atoms with Crippen molar-refractivity contribution in [2.45, 2.75) is 71.6 Å². The van der Waals surface area contributed by atoms with Gasteiger partial charge in [-0.2, -0.15) is 0 Å². The highest BCUT2D eigenvalue weighted by Gasteiger charge is 2.29. The topological polar surface area (TPSA) is 0 Å². The van der Waals surface area contributed by atoms with Gasteiger partial charge >= 0.3 is 0 Å². The normalized spacial score (nSPS) is 19.3. The van der Waals surface area contributed by atoms with Crippen LogP contribution in [-0.2, 0) is 12.8 Å². The molecule has 4 rings (SSSR count). The predicted octanol–water partition coefficient (Wildman–Crippen LogP) is 7.36. The maximum atomic E-state index is 2.48. The zero-order valence-corrected chi connectivity index (χ0v) is 16.5. The third-order valence-corrected chi connectivity index (χ3v) is 6.18. The zero-order chi connectivity index (χ0) is 17.9. The molecule has 0 nitrogen and oxygen atoms in total. The molecule has 1 aromatic carbocycles. The fourth-order valence-electron chi connectivity index (χ4n) is 4.54. The zero-order valence-electron chi connectivity index (χ0n) is 16.5. The minimum Gasteiger partial charge on any atom is -0.0795 e. The van der Waals surface area contributed by atoms with E-state index in [-0.39, 0.29) is 0 Å². The van der Waals surface area contributed by atoms with Gasteiger partial charge in [0.25, 0.3) is 0 Å². The van der Waals surface area contributed by atoms with E-state index in [0.717, 1.165) is 25.2 Å². The van der Waals surface area contributed by atoms with Crippen LogP contribution < -0.4 is 0 Å². The maximum absolute atomic E-state index is 2.48. The summed E-state index contributed by atoms with van der Waals surface area (Å²) in [6.07, 6.45) is 20.9. The van der Waals surface area contributed by atoms with Crippen LogP contribution >= 0.6 is 0 Å². The molecule has 0 bridgehead atoms. The molecule has 0 unspecified atom stereocenters. The van der Waals surface area contributed by atoms with Gasteiger partial charge in [-0.3, -0.25) is 0 Å². The second-order valence-electron chi connectivity index (χ2n) is 8.43. The number of hydrogen-bond acceptors (Lipinski definition) is 0. The Morgan fingerprint density at radius 1 is 1.08 bits per heavy atom. The Hall–Kier alpha value is -1.82. The van der Waals surface area contributed by atoms with E-state index in [1.807, 2.05) is 0 Å². The van der Waals surface area contributed by atoms with Crippen molar-refractivity contribution in [2.75, 3.05) is 0 Å². The largest absolute Gasteiger partial charge is 0.0795 e. The third-order valence-electron chi connectivity index (χ3n) is 6.18. The molecule has 0 spiro atoms. The summed E-state index contributed by atoms with van der Waals surface area (Å²) < 4.78 is 0. The highest BCUT2D eigenvalue weighted by Crippen LogP contribution is 2.44. The highest BCUT2D eigenvalue weighted by atomic mass is 14.3. The van der Waals surface area contributed by atoms with Crippen molar-refractivity contribution < 1.29 is 0 Å². The summed E-state index contributed by atoms with van der Waals surface area (Å²) in [5.74, 6) is 0.849. The quantitative estimate of drug-likeness (QED) is 0.453. The Labute approximate surface area is 159 Å². The van der Waals surface area contributed by atoms with E-state index in [9.17, 15) is 0 Å². The lowest BCUT2D eigenvalue weighted by atomic mass is 9.90. The van der Waals surface area contributed by atoms with Gasteiger partial charge in [0.2, 0.25) is 0 Å². The minimum absolute atomic E-state index is 0.849. The Kier molecular flexibility index (Phi) is 5.29. The fourth-order valence-corrected chi connectivity index (χ4v) is 4.54. The standard InChI is InChI=1S/C26H32/c1-3-4-5-9-25-19(2)16-20(11-15-26(25)23-13-14-23)17-21-10-12-22-7-6-8-24(22)18-21/h6,8,10-12,15,18,23H,3-5,7,9,13-14,16-17H2,1-2H3. The van der Waals surface area contributed by atoms with Crippen molar-refractivity contribution in [3.05, 3.63) is 75.4 Å². The molecule has 3 aliphatic rings. The Morgan fingerprint density at radius 3 is 2.77 bits per heavy atom. The molecule has 0 heterocycles. The van der Waals surface area contributed by atoms with E-state index in [2.05, 4.69) is 56.4 Å². The number of rotatable bonds is 7. The summed E-state index contributed by atoms with van der Waals surface area (Å²) >= 11 is 0. The van der Waals surface area contributed by atoms with Gasteiger partial charge in [0.15, 0.2) is 0 Å². The van der Waals surface area contributed by atoms with Gasteiger partial charge in [0.05, 0.1) is 0 Å². The van der Waals surface area contributed by atoms with Crippen molar-refractivity contribution in [3.63, 3.8) is 0 Å². The second-order valence-corrected chi connectivity index (χ2v) is 8.43. The molecule has 1 aromatic rings. The second kappa shape index (κ2) is 7.82. The Bertz CT molecular complexity index is 793. The van der Waals surface area contributed by atoms with E-state index in [0.29, 0.717) is 0 Å². The average Bonchev–Trinajstić information content (AvgIpc) is 3.38. The smallest absolute Gasteiger partial charge is 0.00606 e. The third kappa shape index (κ3) is 3.95. The van der Waals surface area contributed by atoms with E-state index in [4.69, 9.17) is 0 Å². The van der Waals surface area contributed by atoms with Crippen molar-refractivity contribution in [1.29, 1.82) is 0 Å². The molecule has 3 aliphatic carbocycles. The van der Waals surface area contributed by atoms with Gasteiger partial charge in [-0.25, -0.2) is 0 Å². The van der Waals surface area contributed by atoms with Crippen molar-refractivity contribution in [1.82, 2.24) is 0 Å². The van der Waals surface area contributed by atoms with E-state index < -0.39 is 0 Å². The summed E-state index contributed by atoms with van der Waals surface area (Å²) in [6.45, 7) is 4.69. The van der Waals surface area contributed by atoms with Gasteiger partial charge in [-0.05, 0) is 85.6 Å². The molecule has 0 radical (unpaired) electrons. The molecule has 1 saturated carbocycles. The highest BCUT2D eigenvalue weighted by molar-refractivity contribution is 5.61. The van der Waals surface area contributed by atoms with Crippen LogP contribution in [-0.4, -0.2) is 0 Å². The first-order valence-electron chi connectivity index (χ1n) is 10.6. The minimum atomic E-state index is 0.849. The van der Waals surface area contributed by atoms with Crippen LogP contribution in [0.3, 0.4) is 0 Å². The first kappa shape index (κ1) is 17.6. The number of unbranched alkanes of at least 4 members (excludes halogenated alkanes) is 2. The van der Waals surface area contributed by atoms with Crippen molar-refractivity contribution >= 4 is 6.08 Å². The fraction of sp³-hybridized carbons (Fsp3) is 0.462. The van der Waals surface area contributed by atoms with Crippen LogP contribution in [0.2, 0.25) is 0 Å². The van der Waals surface area contributed by atoms with Gasteiger partial charge in [-0.1, -0.05) is 73.4 Å². The average molecular weight is 345 g/mol. The van der Waals surface area contributed by atoms with E-state index in [1.54, 1.807) is 22.3 Å². The van der Waals surface area contributed by atoms with Crippen LogP contribution in [0.25, 0.3) is 6.08 Å². The van der Waals surface area contributed by atoms with Gasteiger partial charge in [0, 0.05) is 0 Å². The van der Waals surface area contributed by atoms with Crippen LogP contribution in [0, 0.1) is 5.92 Å². The monoisotopic (exact) mass is 344 g/mol. The lowest BCUT2D eigenvalue weighted by Crippen LogP contribution is -1.98. The molecule has 136 valence electrons. The molecule has 0 N–H and O–H groups in total. The predicted molar refractivity (Wildman–Crippen MR) is 113 cm³/mol. The Morgan fingerprint density at radius 2 is 1.96 bits per heavy atom. The number of hydrogen-bond donors (Lipinski definition) is 0. The Balaban J connectivity index is 1.53. The van der Waals surface area contributed by atoms with Gasteiger partial charge in [-0.15, -0.1) is 0 Å². The van der Waals surface area contributed by atoms with E-state index >= 15 is 0 Å². The summed E-state index contributed by atoms with van der Waals surface area (Å²) in [6, 6.07) is 7.06. The molecule has 0 amide bonds. The molecule has 0 aliphatic heterocycles. The maximum Gasteiger partial charge on any atom is -0.00606 e. The van der Waals surface area contributed by atoms with Crippen LogP contribution in [0.5, 0.6) is 0 Å². The summed E-state index contributed by atoms with van der Waals surface area (Å²) in [5.41, 5.74) is 10.9. The van der Waals surface area contributed by atoms with Crippen LogP contribution in [0.1, 0.15) is 75.5 Å². The molecule has 0 heteroatoms. The number of benzene rings is 1. The molecular formula is C26H32. The van der Waals surface area contributed by atoms with Crippen LogP contribution in [0.4, 0.5) is 0 Å². The number of fused-ring (bicyclic) bond motifs is 1.